The molecule has 0 N–H and O–H groups in total. The topological polar surface area (TPSA) is 68.6 Å². The van der Waals surface area contributed by atoms with Gasteiger partial charge >= 0.3 is 5.97 Å². The van der Waals surface area contributed by atoms with Crippen LogP contribution >= 0.6 is 0 Å². The van der Waals surface area contributed by atoms with Gasteiger partial charge in [0.05, 0.1) is 5.69 Å². The largest absolute Gasteiger partial charge is 0.460 e. The van der Waals surface area contributed by atoms with Crippen LogP contribution in [0.25, 0.3) is 17.2 Å². The highest BCUT2D eigenvalue weighted by Gasteiger charge is 2.66. The number of esters is 1. The maximum atomic E-state index is 13.5. The van der Waals surface area contributed by atoms with Gasteiger partial charge in [0, 0.05) is 17.7 Å². The first kappa shape index (κ1) is 21.3. The van der Waals surface area contributed by atoms with Crippen molar-refractivity contribution in [2.75, 3.05) is 0 Å². The van der Waals surface area contributed by atoms with Crippen molar-refractivity contribution in [2.45, 2.75) is 45.8 Å². The molecule has 1 saturated carbocycles. The Morgan fingerprint density at radius 2 is 1.97 bits per heavy atom. The zero-order chi connectivity index (χ0) is 22.4. The van der Waals surface area contributed by atoms with Crippen LogP contribution in [0, 0.1) is 33.9 Å². The maximum Gasteiger partial charge on any atom is 0.338 e. The number of nitroso groups, excluding NO2 is 1. The van der Waals surface area contributed by atoms with E-state index in [1.54, 1.807) is 12.3 Å². The van der Waals surface area contributed by atoms with Crippen molar-refractivity contribution in [1.29, 1.82) is 0 Å². The van der Waals surface area contributed by atoms with Crippen molar-refractivity contribution in [3.8, 4) is 11.1 Å². The highest BCUT2D eigenvalue weighted by atomic mass is 19.1. The van der Waals surface area contributed by atoms with Crippen molar-refractivity contribution >= 4 is 12.0 Å². The van der Waals surface area contributed by atoms with E-state index >= 15 is 0 Å². The predicted molar refractivity (Wildman–Crippen MR) is 117 cm³/mol. The summed E-state index contributed by atoms with van der Waals surface area (Å²) < 4.78 is 19.0. The number of pyridine rings is 1. The van der Waals surface area contributed by atoms with E-state index < -0.39 is 11.5 Å². The zero-order valence-corrected chi connectivity index (χ0v) is 18.2. The summed E-state index contributed by atoms with van der Waals surface area (Å²) in [5, 5.41) is 3.36. The molecule has 1 aliphatic heterocycles. The van der Waals surface area contributed by atoms with E-state index in [2.05, 4.69) is 30.9 Å². The summed E-state index contributed by atoms with van der Waals surface area (Å²) in [6.07, 6.45) is 5.69. The summed E-state index contributed by atoms with van der Waals surface area (Å²) >= 11 is 0. The van der Waals surface area contributed by atoms with Gasteiger partial charge in [-0.15, -0.1) is 4.91 Å². The Kier molecular flexibility index (Phi) is 5.28. The van der Waals surface area contributed by atoms with E-state index in [4.69, 9.17) is 4.74 Å². The van der Waals surface area contributed by atoms with Crippen LogP contribution in [0.4, 0.5) is 4.39 Å². The zero-order valence-electron chi connectivity index (χ0n) is 18.2. The van der Waals surface area contributed by atoms with Crippen LogP contribution in [-0.2, 0) is 9.53 Å². The van der Waals surface area contributed by atoms with E-state index in [1.807, 2.05) is 37.3 Å². The van der Waals surface area contributed by atoms with Gasteiger partial charge in [-0.2, -0.15) is 0 Å². The van der Waals surface area contributed by atoms with Crippen molar-refractivity contribution in [3.05, 3.63) is 65.1 Å². The van der Waals surface area contributed by atoms with Gasteiger partial charge in [0.2, 0.25) is 5.54 Å². The number of nitrogens with zero attached hydrogens (tertiary/aromatic N) is 2. The molecule has 4 rings (SSSR count). The van der Waals surface area contributed by atoms with E-state index in [0.717, 1.165) is 16.8 Å². The van der Waals surface area contributed by atoms with Crippen molar-refractivity contribution in [1.82, 2.24) is 4.98 Å². The molecule has 2 fully saturated rings. The summed E-state index contributed by atoms with van der Waals surface area (Å²) in [5.41, 5.74) is 0.758. The third kappa shape index (κ3) is 3.58. The monoisotopic (exact) mass is 422 g/mol. The molecule has 2 heterocycles. The first-order chi connectivity index (χ1) is 14.7. The number of allylic oxidation sites excluding steroid dienone is 1. The molecule has 0 amide bonds. The minimum absolute atomic E-state index is 0.0624. The number of carbonyl (C=O) groups excluding carboxylic acids is 1. The highest BCUT2D eigenvalue weighted by Crippen LogP contribution is 2.57. The second-order valence-corrected chi connectivity index (χ2v) is 9.52. The van der Waals surface area contributed by atoms with Crippen LogP contribution in [0.1, 0.15) is 39.8 Å². The third-order valence-electron chi connectivity index (χ3n) is 7.25. The average molecular weight is 423 g/mol. The third-order valence-corrected chi connectivity index (χ3v) is 7.25. The molecular formula is C25H27FN2O3. The lowest BCUT2D eigenvalue weighted by Crippen LogP contribution is -2.55. The lowest BCUT2D eigenvalue weighted by Gasteiger charge is -2.49. The number of cyclic esters (lactones) is 1. The normalized spacial score (nSPS) is 32.0. The molecule has 4 unspecified atom stereocenters. The van der Waals surface area contributed by atoms with Crippen LogP contribution in [0.3, 0.4) is 0 Å². The Balaban J connectivity index is 1.63. The lowest BCUT2D eigenvalue weighted by molar-refractivity contribution is -0.146. The molecule has 6 heteroatoms. The Morgan fingerprint density at radius 1 is 1.19 bits per heavy atom. The van der Waals surface area contributed by atoms with Crippen LogP contribution < -0.4 is 0 Å². The van der Waals surface area contributed by atoms with Gasteiger partial charge in [0.25, 0.3) is 0 Å². The number of rotatable bonds is 4. The molecule has 0 bridgehead atoms. The van der Waals surface area contributed by atoms with E-state index in [-0.39, 0.29) is 35.1 Å². The second kappa shape index (κ2) is 7.66. The Bertz CT molecular complexity index is 1030. The average Bonchev–Trinajstić information content (AvgIpc) is 2.98. The summed E-state index contributed by atoms with van der Waals surface area (Å²) in [6, 6.07) is 10.2. The van der Waals surface area contributed by atoms with Crippen LogP contribution in [0.5, 0.6) is 0 Å². The van der Waals surface area contributed by atoms with Crippen LogP contribution in [0.15, 0.2) is 53.8 Å². The number of halogens is 1. The molecule has 1 aromatic heterocycles. The van der Waals surface area contributed by atoms with Crippen molar-refractivity contribution < 1.29 is 13.9 Å². The number of benzene rings is 1. The molecule has 1 saturated heterocycles. The molecule has 1 aliphatic carbocycles. The summed E-state index contributed by atoms with van der Waals surface area (Å²) in [4.78, 5) is 29.0. The number of aromatic nitrogens is 1. The molecule has 0 radical (unpaired) electrons. The van der Waals surface area contributed by atoms with E-state index in [1.165, 1.54) is 12.1 Å². The van der Waals surface area contributed by atoms with Gasteiger partial charge in [0.15, 0.2) is 0 Å². The fourth-order valence-corrected chi connectivity index (χ4v) is 5.35. The smallest absolute Gasteiger partial charge is 0.338 e. The number of hydrogen-bond acceptors (Lipinski definition) is 5. The SMILES string of the molecule is CC1OC(=O)C2(N=O)CC(C)(C)[C@@H](C)C(/C=C/c3ccc(-c4cccc(F)c4)cn3)C12. The molecule has 5 atom stereocenters. The van der Waals surface area contributed by atoms with Gasteiger partial charge in [-0.1, -0.05) is 50.2 Å². The molecule has 0 spiro atoms. The van der Waals surface area contributed by atoms with Crippen LogP contribution in [0.2, 0.25) is 0 Å². The van der Waals surface area contributed by atoms with Crippen LogP contribution in [-0.4, -0.2) is 22.6 Å². The predicted octanol–water partition coefficient (Wildman–Crippen LogP) is 5.65. The fraction of sp³-hybridized carbons (Fsp3) is 0.440. The number of hydrogen-bond donors (Lipinski definition) is 0. The molecule has 2 aliphatic rings. The standard InChI is InChI=1S/C25H27FN2O3/c1-15-21(22-16(2)31-23(29)25(22,28-30)14-24(15,3)4)11-10-20-9-8-18(13-27-20)17-6-5-7-19(26)12-17/h5-13,15-16,21-22H,14H2,1-4H3/b11-10+/t15-,16?,21?,22?,25?/m0/s1. The maximum absolute atomic E-state index is 13.5. The summed E-state index contributed by atoms with van der Waals surface area (Å²) in [5.74, 6) is -0.941. The van der Waals surface area contributed by atoms with Gasteiger partial charge < -0.3 is 4.74 Å². The number of carbonyl (C=O) groups is 1. The van der Waals surface area contributed by atoms with Gasteiger partial charge in [-0.3, -0.25) is 4.98 Å². The molecular weight excluding hydrogens is 395 g/mol. The quantitative estimate of drug-likeness (QED) is 0.472. The van der Waals surface area contributed by atoms with Gasteiger partial charge in [0.1, 0.15) is 11.9 Å². The molecule has 1 aromatic carbocycles. The molecule has 5 nitrogen and oxygen atoms in total. The lowest BCUT2D eigenvalue weighted by atomic mass is 9.53. The van der Waals surface area contributed by atoms with E-state index in [9.17, 15) is 14.1 Å². The number of fused-ring (bicyclic) bond motifs is 1. The Labute approximate surface area is 181 Å². The van der Waals surface area contributed by atoms with Crippen molar-refractivity contribution in [2.24, 2.45) is 28.3 Å². The minimum atomic E-state index is -1.33. The van der Waals surface area contributed by atoms with Crippen molar-refractivity contribution in [3.63, 3.8) is 0 Å². The molecule has 162 valence electrons. The first-order valence-electron chi connectivity index (χ1n) is 10.6. The highest BCUT2D eigenvalue weighted by molar-refractivity contribution is 5.84. The minimum Gasteiger partial charge on any atom is -0.460 e. The Hall–Kier alpha value is -2.89. The number of ether oxygens (including phenoxy) is 1. The Morgan fingerprint density at radius 3 is 2.61 bits per heavy atom. The first-order valence-corrected chi connectivity index (χ1v) is 10.6. The summed E-state index contributed by atoms with van der Waals surface area (Å²) in [7, 11) is 0. The molecule has 2 aromatic rings. The molecule has 31 heavy (non-hydrogen) atoms. The van der Waals surface area contributed by atoms with E-state index in [0.29, 0.717) is 6.42 Å². The second-order valence-electron chi connectivity index (χ2n) is 9.52. The fourth-order valence-electron chi connectivity index (χ4n) is 5.35. The summed E-state index contributed by atoms with van der Waals surface area (Å²) in [6.45, 7) is 8.14. The van der Waals surface area contributed by atoms with Gasteiger partial charge in [-0.05, 0) is 60.4 Å². The van der Waals surface area contributed by atoms with Gasteiger partial charge in [-0.25, -0.2) is 9.18 Å².